The first-order valence-electron chi connectivity index (χ1n) is 10.4. The fraction of sp³-hybridized carbons (Fsp3) is 0.160. The van der Waals surface area contributed by atoms with Gasteiger partial charge in [-0.05, 0) is 36.6 Å². The zero-order valence-electron chi connectivity index (χ0n) is 17.2. The molecule has 31 heavy (non-hydrogen) atoms. The molecule has 6 heteroatoms. The first kappa shape index (κ1) is 19.6. The van der Waals surface area contributed by atoms with Crippen molar-refractivity contribution in [2.24, 2.45) is 0 Å². The lowest BCUT2D eigenvalue weighted by Crippen LogP contribution is -2.42. The van der Waals surface area contributed by atoms with Crippen molar-refractivity contribution < 1.29 is 13.2 Å². The third-order valence-electron chi connectivity index (χ3n) is 5.89. The molecule has 0 radical (unpaired) electrons. The van der Waals surface area contributed by atoms with Crippen molar-refractivity contribution in [3.05, 3.63) is 100 Å². The van der Waals surface area contributed by atoms with Gasteiger partial charge in [0.05, 0.1) is 5.69 Å². The standard InChI is InChI=1S/C25H22N2O3S/c1-2-27-22-15-9-7-13-20(22)23(19-11-4-3-5-12-19)24(31(27,29)30)25(28)26-17-16-18-10-6-8-14-21(18)26/h3-15H,2,16-17H2,1H3. The second-order valence-corrected chi connectivity index (χ2v) is 9.39. The van der Waals surface area contributed by atoms with Crippen LogP contribution in [0.3, 0.4) is 0 Å². The number of sulfonamides is 1. The maximum atomic E-state index is 13.9. The van der Waals surface area contributed by atoms with Gasteiger partial charge >= 0.3 is 0 Å². The highest BCUT2D eigenvalue weighted by Crippen LogP contribution is 2.44. The Labute approximate surface area is 182 Å². The van der Waals surface area contributed by atoms with Crippen LogP contribution in [0, 0.1) is 0 Å². The van der Waals surface area contributed by atoms with Gasteiger partial charge in [-0.25, -0.2) is 8.42 Å². The van der Waals surface area contributed by atoms with Crippen LogP contribution >= 0.6 is 0 Å². The van der Waals surface area contributed by atoms with Gasteiger partial charge in [-0.15, -0.1) is 0 Å². The van der Waals surface area contributed by atoms with Crippen molar-refractivity contribution in [1.82, 2.24) is 0 Å². The van der Waals surface area contributed by atoms with Crippen molar-refractivity contribution in [2.75, 3.05) is 22.3 Å². The minimum absolute atomic E-state index is 0.157. The SMILES string of the molecule is CCN1c2ccccc2C(c2ccccc2)=C(C(=O)N2CCc3ccccc32)S1(=O)=O. The second kappa shape index (κ2) is 7.39. The summed E-state index contributed by atoms with van der Waals surface area (Å²) in [5, 5.41) is 0. The lowest BCUT2D eigenvalue weighted by molar-refractivity contribution is -0.114. The van der Waals surface area contributed by atoms with Crippen LogP contribution in [0.2, 0.25) is 0 Å². The van der Waals surface area contributed by atoms with E-state index in [0.717, 1.165) is 16.8 Å². The van der Waals surface area contributed by atoms with E-state index in [2.05, 4.69) is 0 Å². The average Bonchev–Trinajstić information content (AvgIpc) is 3.22. The van der Waals surface area contributed by atoms with Crippen LogP contribution in [0.15, 0.2) is 83.8 Å². The molecular weight excluding hydrogens is 408 g/mol. The van der Waals surface area contributed by atoms with E-state index < -0.39 is 15.9 Å². The van der Waals surface area contributed by atoms with Crippen LogP contribution in [-0.2, 0) is 21.2 Å². The predicted molar refractivity (Wildman–Crippen MR) is 123 cm³/mol. The number of hydrogen-bond acceptors (Lipinski definition) is 3. The topological polar surface area (TPSA) is 57.7 Å². The normalized spacial score (nSPS) is 16.8. The number of carbonyl (C=O) groups is 1. The summed E-state index contributed by atoms with van der Waals surface area (Å²) < 4.78 is 29.0. The van der Waals surface area contributed by atoms with Gasteiger partial charge in [-0.1, -0.05) is 66.7 Å². The van der Waals surface area contributed by atoms with Crippen LogP contribution in [0.4, 0.5) is 11.4 Å². The lowest BCUT2D eigenvalue weighted by atomic mass is 9.95. The van der Waals surface area contributed by atoms with Crippen molar-refractivity contribution in [2.45, 2.75) is 13.3 Å². The summed E-state index contributed by atoms with van der Waals surface area (Å²) in [5.74, 6) is -0.475. The van der Waals surface area contributed by atoms with E-state index in [1.165, 1.54) is 4.31 Å². The second-order valence-electron chi connectivity index (χ2n) is 7.59. The quantitative estimate of drug-likeness (QED) is 0.626. The highest BCUT2D eigenvalue weighted by molar-refractivity contribution is 7.97. The molecule has 2 heterocycles. The summed E-state index contributed by atoms with van der Waals surface area (Å²) in [7, 11) is -4.04. The summed E-state index contributed by atoms with van der Waals surface area (Å²) >= 11 is 0. The Hall–Kier alpha value is -3.38. The van der Waals surface area contributed by atoms with Gasteiger partial charge in [0.15, 0.2) is 4.91 Å². The first-order valence-corrected chi connectivity index (χ1v) is 11.8. The average molecular weight is 431 g/mol. The van der Waals surface area contributed by atoms with Crippen LogP contribution in [0.5, 0.6) is 0 Å². The van der Waals surface area contributed by atoms with Gasteiger partial charge in [0.2, 0.25) is 0 Å². The molecule has 0 saturated heterocycles. The number of anilines is 2. The lowest BCUT2D eigenvalue weighted by Gasteiger charge is -2.34. The van der Waals surface area contributed by atoms with E-state index in [-0.39, 0.29) is 11.4 Å². The molecule has 0 aromatic heterocycles. The molecule has 156 valence electrons. The number of rotatable bonds is 3. The largest absolute Gasteiger partial charge is 0.307 e. The molecule has 3 aromatic rings. The van der Waals surface area contributed by atoms with Crippen LogP contribution < -0.4 is 9.21 Å². The van der Waals surface area contributed by atoms with Gasteiger partial charge in [0, 0.05) is 29.9 Å². The molecule has 0 spiro atoms. The zero-order valence-corrected chi connectivity index (χ0v) is 18.0. The summed E-state index contributed by atoms with van der Waals surface area (Å²) in [6.45, 7) is 2.50. The summed E-state index contributed by atoms with van der Waals surface area (Å²) in [6, 6.07) is 24.4. The molecule has 2 aliphatic heterocycles. The number of para-hydroxylation sites is 2. The summed E-state index contributed by atoms with van der Waals surface area (Å²) in [5.41, 5.74) is 4.37. The predicted octanol–water partition coefficient (Wildman–Crippen LogP) is 4.21. The molecular formula is C25H22N2O3S. The number of benzene rings is 3. The minimum Gasteiger partial charge on any atom is -0.307 e. The molecule has 0 bridgehead atoms. The monoisotopic (exact) mass is 430 g/mol. The van der Waals surface area contributed by atoms with Crippen LogP contribution in [-0.4, -0.2) is 27.4 Å². The molecule has 0 fully saturated rings. The van der Waals surface area contributed by atoms with E-state index in [1.54, 1.807) is 17.9 Å². The van der Waals surface area contributed by atoms with Crippen molar-refractivity contribution >= 4 is 32.9 Å². The van der Waals surface area contributed by atoms with Gasteiger partial charge in [0.1, 0.15) is 0 Å². The van der Waals surface area contributed by atoms with E-state index in [0.29, 0.717) is 29.8 Å². The van der Waals surface area contributed by atoms with Gasteiger partial charge < -0.3 is 4.90 Å². The molecule has 0 saturated carbocycles. The number of nitrogens with zero attached hydrogens (tertiary/aromatic N) is 2. The highest BCUT2D eigenvalue weighted by Gasteiger charge is 2.43. The third kappa shape index (κ3) is 2.98. The molecule has 0 atom stereocenters. The first-order chi connectivity index (χ1) is 15.0. The Bertz CT molecular complexity index is 1310. The van der Waals surface area contributed by atoms with Gasteiger partial charge in [0.25, 0.3) is 15.9 Å². The molecule has 0 N–H and O–H groups in total. The van der Waals surface area contributed by atoms with E-state index >= 15 is 0 Å². The smallest absolute Gasteiger partial charge is 0.272 e. The zero-order chi connectivity index (χ0) is 21.6. The molecule has 0 unspecified atom stereocenters. The van der Waals surface area contributed by atoms with Crippen LogP contribution in [0.1, 0.15) is 23.6 Å². The Balaban J connectivity index is 1.81. The minimum atomic E-state index is -4.04. The van der Waals surface area contributed by atoms with E-state index in [9.17, 15) is 13.2 Å². The number of hydrogen-bond donors (Lipinski definition) is 0. The van der Waals surface area contributed by atoms with Gasteiger partial charge in [-0.3, -0.25) is 9.10 Å². The molecule has 2 aliphatic rings. The molecule has 3 aromatic carbocycles. The molecule has 0 aliphatic carbocycles. The molecule has 5 nitrogen and oxygen atoms in total. The van der Waals surface area contributed by atoms with E-state index in [1.807, 2.05) is 72.8 Å². The Morgan fingerprint density at radius 1 is 0.871 bits per heavy atom. The third-order valence-corrected chi connectivity index (χ3v) is 7.82. The molecule has 5 rings (SSSR count). The number of fused-ring (bicyclic) bond motifs is 2. The fourth-order valence-electron chi connectivity index (χ4n) is 4.51. The fourth-order valence-corrected chi connectivity index (χ4v) is 6.31. The summed E-state index contributed by atoms with van der Waals surface area (Å²) in [6.07, 6.45) is 0.712. The van der Waals surface area contributed by atoms with Crippen molar-refractivity contribution in [3.63, 3.8) is 0 Å². The highest BCUT2D eigenvalue weighted by atomic mass is 32.2. The Morgan fingerprint density at radius 2 is 1.52 bits per heavy atom. The van der Waals surface area contributed by atoms with Gasteiger partial charge in [-0.2, -0.15) is 0 Å². The summed E-state index contributed by atoms with van der Waals surface area (Å²) in [4.78, 5) is 15.3. The number of amides is 1. The van der Waals surface area contributed by atoms with E-state index in [4.69, 9.17) is 0 Å². The maximum absolute atomic E-state index is 13.9. The maximum Gasteiger partial charge on any atom is 0.272 e. The Morgan fingerprint density at radius 3 is 2.26 bits per heavy atom. The Kier molecular flexibility index (Phi) is 4.67. The number of carbonyl (C=O) groups excluding carboxylic acids is 1. The van der Waals surface area contributed by atoms with Crippen molar-refractivity contribution in [3.8, 4) is 0 Å². The van der Waals surface area contributed by atoms with Crippen molar-refractivity contribution in [1.29, 1.82) is 0 Å². The van der Waals surface area contributed by atoms with Crippen LogP contribution in [0.25, 0.3) is 5.57 Å². The molecule has 1 amide bonds.